The second-order valence-corrected chi connectivity index (χ2v) is 7.64. The summed E-state index contributed by atoms with van der Waals surface area (Å²) in [5.74, 6) is 1.26. The zero-order chi connectivity index (χ0) is 22.2. The maximum absolute atomic E-state index is 12.9. The van der Waals surface area contributed by atoms with Gasteiger partial charge in [0.1, 0.15) is 11.6 Å². The van der Waals surface area contributed by atoms with E-state index in [-0.39, 0.29) is 18.0 Å². The number of aromatic nitrogens is 1. The number of carbonyl (C=O) groups is 2. The second kappa shape index (κ2) is 10.7. The minimum absolute atomic E-state index is 0.0347. The van der Waals surface area contributed by atoms with Crippen LogP contribution in [0.5, 0.6) is 5.75 Å². The number of urea groups is 1. The number of hydrogen-bond donors (Lipinski definition) is 2. The number of nitrogens with one attached hydrogen (secondary N) is 2. The first-order valence-corrected chi connectivity index (χ1v) is 10.7. The Morgan fingerprint density at radius 3 is 2.48 bits per heavy atom. The topological polar surface area (TPSA) is 86.8 Å². The average Bonchev–Trinajstić information content (AvgIpc) is 2.82. The summed E-state index contributed by atoms with van der Waals surface area (Å²) < 4.78 is 5.16. The molecular formula is C23H31N5O3. The van der Waals surface area contributed by atoms with Crippen molar-refractivity contribution in [3.8, 4) is 5.75 Å². The monoisotopic (exact) mass is 425 g/mol. The molecule has 1 aromatic carbocycles. The molecule has 2 N–H and O–H groups in total. The molecule has 8 nitrogen and oxygen atoms in total. The van der Waals surface area contributed by atoms with Crippen LogP contribution in [0.15, 0.2) is 42.6 Å². The fourth-order valence-corrected chi connectivity index (χ4v) is 3.37. The smallest absolute Gasteiger partial charge is 0.317 e. The molecule has 0 spiro atoms. The van der Waals surface area contributed by atoms with E-state index < -0.39 is 0 Å². The Balaban J connectivity index is 1.60. The predicted molar refractivity (Wildman–Crippen MR) is 120 cm³/mol. The molecule has 3 amide bonds. The number of amides is 3. The molecule has 166 valence electrons. The van der Waals surface area contributed by atoms with Gasteiger partial charge in [0.15, 0.2) is 0 Å². The van der Waals surface area contributed by atoms with Crippen molar-refractivity contribution < 1.29 is 14.3 Å². The van der Waals surface area contributed by atoms with E-state index in [9.17, 15) is 9.59 Å². The molecule has 0 aliphatic carbocycles. The summed E-state index contributed by atoms with van der Waals surface area (Å²) in [6, 6.07) is 11.3. The molecule has 1 saturated heterocycles. The summed E-state index contributed by atoms with van der Waals surface area (Å²) >= 11 is 0. The number of pyridine rings is 1. The lowest BCUT2D eigenvalue weighted by molar-refractivity contribution is 0.0950. The third-order valence-electron chi connectivity index (χ3n) is 5.49. The first kappa shape index (κ1) is 22.4. The molecule has 2 heterocycles. The number of nitrogens with zero attached hydrogens (tertiary/aromatic N) is 3. The van der Waals surface area contributed by atoms with Crippen LogP contribution < -0.4 is 20.3 Å². The molecule has 1 fully saturated rings. The van der Waals surface area contributed by atoms with E-state index in [0.717, 1.165) is 17.7 Å². The van der Waals surface area contributed by atoms with Gasteiger partial charge in [-0.25, -0.2) is 9.78 Å². The largest absolute Gasteiger partial charge is 0.497 e. The summed E-state index contributed by atoms with van der Waals surface area (Å²) in [6.07, 6.45) is 2.59. The minimum Gasteiger partial charge on any atom is -0.497 e. The van der Waals surface area contributed by atoms with Crippen molar-refractivity contribution in [3.05, 3.63) is 53.7 Å². The zero-order valence-corrected chi connectivity index (χ0v) is 18.4. The van der Waals surface area contributed by atoms with Gasteiger partial charge in [-0.1, -0.05) is 19.1 Å². The van der Waals surface area contributed by atoms with Crippen LogP contribution in [0.25, 0.3) is 0 Å². The Hall–Kier alpha value is -3.29. The van der Waals surface area contributed by atoms with Gasteiger partial charge in [0.2, 0.25) is 0 Å². The van der Waals surface area contributed by atoms with Gasteiger partial charge in [-0.2, -0.15) is 0 Å². The average molecular weight is 426 g/mol. The number of carbonyl (C=O) groups excluding carboxylic acids is 2. The molecule has 1 aliphatic rings. The van der Waals surface area contributed by atoms with E-state index in [4.69, 9.17) is 4.74 Å². The number of rotatable bonds is 7. The highest BCUT2D eigenvalue weighted by atomic mass is 16.5. The zero-order valence-electron chi connectivity index (χ0n) is 18.4. The lowest BCUT2D eigenvalue weighted by atomic mass is 10.2. The lowest BCUT2D eigenvalue weighted by Gasteiger charge is -2.36. The first-order chi connectivity index (χ1) is 15.0. The number of hydrogen-bond acceptors (Lipinski definition) is 5. The Bertz CT molecular complexity index is 879. The number of anilines is 1. The SMILES string of the molecule is CC[C@@H](C)NC(=O)N1CCN(c2ncccc2C(=O)NCc2ccc(OC)cc2)CC1. The number of methoxy groups -OCH3 is 1. The van der Waals surface area contributed by atoms with E-state index in [0.29, 0.717) is 44.1 Å². The maximum atomic E-state index is 12.9. The first-order valence-electron chi connectivity index (χ1n) is 10.7. The van der Waals surface area contributed by atoms with Gasteiger partial charge in [0.25, 0.3) is 5.91 Å². The Labute approximate surface area is 183 Å². The summed E-state index contributed by atoms with van der Waals surface area (Å²) in [5, 5.41) is 5.97. The molecule has 0 unspecified atom stereocenters. The highest BCUT2D eigenvalue weighted by Gasteiger charge is 2.25. The molecule has 0 bridgehead atoms. The molecule has 1 atom stereocenters. The van der Waals surface area contributed by atoms with Crippen LogP contribution in [0.1, 0.15) is 36.2 Å². The van der Waals surface area contributed by atoms with Crippen LogP contribution in [0.2, 0.25) is 0 Å². The Morgan fingerprint density at radius 2 is 1.84 bits per heavy atom. The van der Waals surface area contributed by atoms with Crippen molar-refractivity contribution in [2.75, 3.05) is 38.2 Å². The second-order valence-electron chi connectivity index (χ2n) is 7.64. The normalized spacial score (nSPS) is 14.7. The van der Waals surface area contributed by atoms with E-state index in [1.165, 1.54) is 0 Å². The summed E-state index contributed by atoms with van der Waals surface area (Å²) in [4.78, 5) is 33.6. The number of piperazine rings is 1. The van der Waals surface area contributed by atoms with Crippen molar-refractivity contribution in [1.82, 2.24) is 20.5 Å². The summed E-state index contributed by atoms with van der Waals surface area (Å²) in [7, 11) is 1.62. The maximum Gasteiger partial charge on any atom is 0.317 e. The molecule has 1 aromatic heterocycles. The predicted octanol–water partition coefficient (Wildman–Crippen LogP) is 2.65. The van der Waals surface area contributed by atoms with Crippen LogP contribution in [-0.2, 0) is 6.54 Å². The minimum atomic E-state index is -0.170. The van der Waals surface area contributed by atoms with Crippen molar-refractivity contribution in [2.45, 2.75) is 32.9 Å². The lowest BCUT2D eigenvalue weighted by Crippen LogP contribution is -2.53. The standard InChI is InChI=1S/C23H31N5O3/c1-4-17(2)26-23(30)28-14-12-27(13-15-28)21-20(6-5-11-24-21)22(29)25-16-18-7-9-19(31-3)10-8-18/h5-11,17H,4,12-16H2,1-3H3,(H,25,29)(H,26,30)/t17-/m1/s1. The van der Waals surface area contributed by atoms with Crippen LogP contribution in [0.4, 0.5) is 10.6 Å². The number of ether oxygens (including phenoxy) is 1. The van der Waals surface area contributed by atoms with Crippen molar-refractivity contribution >= 4 is 17.8 Å². The molecule has 2 aromatic rings. The van der Waals surface area contributed by atoms with E-state index in [1.807, 2.05) is 43.0 Å². The molecule has 0 saturated carbocycles. The van der Waals surface area contributed by atoms with Gasteiger partial charge in [-0.15, -0.1) is 0 Å². The van der Waals surface area contributed by atoms with E-state index >= 15 is 0 Å². The third kappa shape index (κ3) is 5.87. The van der Waals surface area contributed by atoms with Crippen LogP contribution in [0, 0.1) is 0 Å². The fraction of sp³-hybridized carbons (Fsp3) is 0.435. The van der Waals surface area contributed by atoms with Gasteiger partial charge >= 0.3 is 6.03 Å². The Morgan fingerprint density at radius 1 is 1.13 bits per heavy atom. The molecule has 1 aliphatic heterocycles. The van der Waals surface area contributed by atoms with Crippen LogP contribution in [0.3, 0.4) is 0 Å². The van der Waals surface area contributed by atoms with Gasteiger partial charge in [0.05, 0.1) is 12.7 Å². The van der Waals surface area contributed by atoms with Crippen LogP contribution in [-0.4, -0.2) is 61.2 Å². The molecule has 0 radical (unpaired) electrons. The highest BCUT2D eigenvalue weighted by Crippen LogP contribution is 2.19. The summed E-state index contributed by atoms with van der Waals surface area (Å²) in [5.41, 5.74) is 1.52. The van der Waals surface area contributed by atoms with Crippen molar-refractivity contribution in [3.63, 3.8) is 0 Å². The van der Waals surface area contributed by atoms with E-state index in [2.05, 4.69) is 20.5 Å². The van der Waals surface area contributed by atoms with Crippen LogP contribution >= 0.6 is 0 Å². The van der Waals surface area contributed by atoms with Gasteiger partial charge < -0.3 is 25.2 Å². The van der Waals surface area contributed by atoms with Gasteiger partial charge in [-0.3, -0.25) is 4.79 Å². The highest BCUT2D eigenvalue weighted by molar-refractivity contribution is 5.98. The summed E-state index contributed by atoms with van der Waals surface area (Å²) in [6.45, 7) is 6.90. The molecule has 8 heteroatoms. The Kier molecular flexibility index (Phi) is 7.70. The van der Waals surface area contributed by atoms with Gasteiger partial charge in [-0.05, 0) is 43.2 Å². The van der Waals surface area contributed by atoms with E-state index in [1.54, 1.807) is 25.4 Å². The van der Waals surface area contributed by atoms with Crippen molar-refractivity contribution in [2.24, 2.45) is 0 Å². The van der Waals surface area contributed by atoms with Crippen molar-refractivity contribution in [1.29, 1.82) is 0 Å². The number of benzene rings is 1. The van der Waals surface area contributed by atoms with Gasteiger partial charge in [0, 0.05) is 45.0 Å². The third-order valence-corrected chi connectivity index (χ3v) is 5.49. The molecular weight excluding hydrogens is 394 g/mol. The molecule has 3 rings (SSSR count). The quantitative estimate of drug-likeness (QED) is 0.712. The molecule has 31 heavy (non-hydrogen) atoms. The fourth-order valence-electron chi connectivity index (χ4n) is 3.37.